The summed E-state index contributed by atoms with van der Waals surface area (Å²) in [7, 11) is -3.50. The molecule has 3 N–H and O–H groups in total. The van der Waals surface area contributed by atoms with Crippen molar-refractivity contribution in [1.29, 1.82) is 0 Å². The predicted molar refractivity (Wildman–Crippen MR) is 121 cm³/mol. The van der Waals surface area contributed by atoms with Gasteiger partial charge in [-0.25, -0.2) is 8.42 Å². The maximum absolute atomic E-state index is 12.5. The van der Waals surface area contributed by atoms with Gasteiger partial charge in [0.15, 0.2) is 9.84 Å². The van der Waals surface area contributed by atoms with Crippen LogP contribution in [0.15, 0.2) is 58.0 Å². The minimum absolute atomic E-state index is 0.0277. The lowest BCUT2D eigenvalue weighted by Gasteiger charge is -2.20. The van der Waals surface area contributed by atoms with E-state index in [9.17, 15) is 23.7 Å². The third kappa shape index (κ3) is 5.36. The largest absolute Gasteiger partial charge is 0.459 e. The van der Waals surface area contributed by atoms with E-state index >= 15 is 0 Å². The molecule has 0 saturated carbocycles. The fourth-order valence-electron chi connectivity index (χ4n) is 4.07. The molecule has 1 aromatic carbocycles. The van der Waals surface area contributed by atoms with E-state index < -0.39 is 27.8 Å². The highest BCUT2D eigenvalue weighted by molar-refractivity contribution is 7.92. The molecule has 0 fully saturated rings. The maximum atomic E-state index is 12.5. The van der Waals surface area contributed by atoms with Gasteiger partial charge in [-0.05, 0) is 59.3 Å². The van der Waals surface area contributed by atoms with Crippen LogP contribution in [0.25, 0.3) is 11.6 Å². The molecular weight excluding hydrogens is 416 g/mol. The van der Waals surface area contributed by atoms with Gasteiger partial charge < -0.3 is 19.7 Å². The van der Waals surface area contributed by atoms with Gasteiger partial charge in [-0.15, -0.1) is 0 Å². The first-order chi connectivity index (χ1) is 14.8. The van der Waals surface area contributed by atoms with Gasteiger partial charge in [0.25, 0.3) is 0 Å². The molecule has 1 aliphatic heterocycles. The van der Waals surface area contributed by atoms with Crippen molar-refractivity contribution in [2.24, 2.45) is 5.92 Å². The number of rotatable bonds is 9. The van der Waals surface area contributed by atoms with Crippen LogP contribution in [0.2, 0.25) is 0 Å². The van der Waals surface area contributed by atoms with Crippen molar-refractivity contribution in [3.8, 4) is 0 Å². The lowest BCUT2D eigenvalue weighted by molar-refractivity contribution is 0.189. The van der Waals surface area contributed by atoms with Crippen LogP contribution >= 0.6 is 0 Å². The van der Waals surface area contributed by atoms with E-state index in [1.54, 1.807) is 12.1 Å². The Morgan fingerprint density at radius 1 is 1.16 bits per heavy atom. The zero-order chi connectivity index (χ0) is 22.6. The number of sulfone groups is 1. The first-order valence-electron chi connectivity index (χ1n) is 10.5. The van der Waals surface area contributed by atoms with Gasteiger partial charge in [0, 0.05) is 0 Å². The van der Waals surface area contributed by atoms with Gasteiger partial charge in [-0.1, -0.05) is 44.2 Å². The first-order valence-corrected chi connectivity index (χ1v) is 12.2. The van der Waals surface area contributed by atoms with Crippen molar-refractivity contribution >= 4 is 21.5 Å². The predicted octanol–water partition coefficient (Wildman–Crippen LogP) is 3.20. The van der Waals surface area contributed by atoms with Crippen molar-refractivity contribution < 1.29 is 28.2 Å². The molecule has 0 bridgehead atoms. The standard InChI is InChI=1S/C24H30O6S/c1-16(2)21-15-31(28,29)23(14-26)24(21)22(27)11-8-18(17-6-4-3-5-7-17)12-19-9-10-20(13-25)30-19/h3-7,9-10,12,16,22-23,25-27H,8,11,13-15H2,1-2H3/b18-12-/t22-,23+/m1/s1. The number of aliphatic hydroxyl groups excluding tert-OH is 3. The van der Waals surface area contributed by atoms with E-state index in [2.05, 4.69) is 0 Å². The number of aliphatic hydroxyl groups is 3. The van der Waals surface area contributed by atoms with E-state index in [4.69, 9.17) is 4.42 Å². The summed E-state index contributed by atoms with van der Waals surface area (Å²) < 4.78 is 30.6. The normalized spacial score (nSPS) is 19.9. The molecule has 6 nitrogen and oxygen atoms in total. The smallest absolute Gasteiger partial charge is 0.163 e. The van der Waals surface area contributed by atoms with Crippen molar-refractivity contribution in [3.63, 3.8) is 0 Å². The highest BCUT2D eigenvalue weighted by Crippen LogP contribution is 2.36. The molecule has 0 amide bonds. The van der Waals surface area contributed by atoms with Gasteiger partial charge in [0.1, 0.15) is 23.4 Å². The summed E-state index contributed by atoms with van der Waals surface area (Å²) in [5.74, 6) is 0.920. The summed E-state index contributed by atoms with van der Waals surface area (Å²) >= 11 is 0. The summed E-state index contributed by atoms with van der Waals surface area (Å²) in [4.78, 5) is 0. The molecule has 2 aromatic rings. The van der Waals surface area contributed by atoms with Crippen molar-refractivity contribution in [1.82, 2.24) is 0 Å². The molecule has 1 aliphatic rings. The van der Waals surface area contributed by atoms with E-state index in [-0.39, 0.29) is 18.3 Å². The van der Waals surface area contributed by atoms with Crippen molar-refractivity contribution in [2.75, 3.05) is 12.4 Å². The molecule has 3 rings (SSSR count). The molecule has 0 spiro atoms. The van der Waals surface area contributed by atoms with Crippen molar-refractivity contribution in [3.05, 3.63) is 70.7 Å². The van der Waals surface area contributed by atoms with Gasteiger partial charge in [0.05, 0.1) is 18.5 Å². The topological polar surface area (TPSA) is 108 Å². The minimum Gasteiger partial charge on any atom is -0.459 e. The highest BCUT2D eigenvalue weighted by Gasteiger charge is 2.41. The summed E-state index contributed by atoms with van der Waals surface area (Å²) in [5, 5.41) is 28.9. The Morgan fingerprint density at radius 2 is 1.87 bits per heavy atom. The molecule has 0 unspecified atom stereocenters. The van der Waals surface area contributed by atoms with Crippen LogP contribution in [0, 0.1) is 5.92 Å². The molecule has 1 aromatic heterocycles. The molecule has 168 valence electrons. The zero-order valence-corrected chi connectivity index (χ0v) is 18.7. The van der Waals surface area contributed by atoms with Crippen LogP contribution in [-0.4, -0.2) is 47.5 Å². The van der Waals surface area contributed by atoms with Crippen LogP contribution in [0.4, 0.5) is 0 Å². The number of hydrogen-bond donors (Lipinski definition) is 3. The second-order valence-electron chi connectivity index (χ2n) is 8.17. The summed E-state index contributed by atoms with van der Waals surface area (Å²) in [6.07, 6.45) is 1.69. The molecule has 0 saturated heterocycles. The van der Waals surface area contributed by atoms with Crippen LogP contribution < -0.4 is 0 Å². The lowest BCUT2D eigenvalue weighted by atomic mass is 9.89. The number of furan rings is 1. The van der Waals surface area contributed by atoms with Crippen LogP contribution in [0.5, 0.6) is 0 Å². The third-order valence-electron chi connectivity index (χ3n) is 5.72. The molecule has 2 atom stereocenters. The Balaban J connectivity index is 1.88. The minimum atomic E-state index is -3.50. The molecular formula is C24H30O6S. The van der Waals surface area contributed by atoms with Gasteiger partial charge in [0.2, 0.25) is 0 Å². The van der Waals surface area contributed by atoms with E-state index in [0.29, 0.717) is 35.5 Å². The molecule has 0 radical (unpaired) electrons. The quantitative estimate of drug-likeness (QED) is 0.511. The van der Waals surface area contributed by atoms with Crippen LogP contribution in [0.1, 0.15) is 43.8 Å². The molecule has 0 aliphatic carbocycles. The summed E-state index contributed by atoms with van der Waals surface area (Å²) in [6, 6.07) is 13.2. The van der Waals surface area contributed by atoms with Crippen LogP contribution in [0.3, 0.4) is 0 Å². The summed E-state index contributed by atoms with van der Waals surface area (Å²) in [6.45, 7) is 3.10. The third-order valence-corrected chi connectivity index (χ3v) is 7.70. The fourth-order valence-corrected chi connectivity index (χ4v) is 6.13. The lowest BCUT2D eigenvalue weighted by Crippen LogP contribution is -2.29. The van der Waals surface area contributed by atoms with Gasteiger partial charge in [-0.3, -0.25) is 0 Å². The zero-order valence-electron chi connectivity index (χ0n) is 17.9. The Kier molecular flexibility index (Phi) is 7.54. The van der Waals surface area contributed by atoms with E-state index in [0.717, 1.165) is 11.1 Å². The average Bonchev–Trinajstić information content (AvgIpc) is 3.32. The number of benzene rings is 1. The van der Waals surface area contributed by atoms with Gasteiger partial charge in [-0.2, -0.15) is 0 Å². The molecule has 2 heterocycles. The second-order valence-corrected chi connectivity index (χ2v) is 10.3. The molecule has 7 heteroatoms. The number of hydrogen-bond acceptors (Lipinski definition) is 6. The molecule has 31 heavy (non-hydrogen) atoms. The Hall–Kier alpha value is -2.19. The van der Waals surface area contributed by atoms with E-state index in [1.807, 2.05) is 50.3 Å². The maximum Gasteiger partial charge on any atom is 0.163 e. The first kappa shape index (κ1) is 23.5. The average molecular weight is 447 g/mol. The van der Waals surface area contributed by atoms with Crippen molar-refractivity contribution in [2.45, 2.75) is 44.6 Å². The fraction of sp³-hybridized carbons (Fsp3) is 0.417. The Morgan fingerprint density at radius 3 is 2.45 bits per heavy atom. The SMILES string of the molecule is CC(C)C1=C([C@H](O)CC/C(=C/c2ccc(CO)o2)c2ccccc2)[C@H](CO)S(=O)(=O)C1. The number of allylic oxidation sites excluding steroid dienone is 1. The second kappa shape index (κ2) is 9.96. The van der Waals surface area contributed by atoms with Crippen LogP contribution in [-0.2, 0) is 16.4 Å². The summed E-state index contributed by atoms with van der Waals surface area (Å²) in [5.41, 5.74) is 3.04. The van der Waals surface area contributed by atoms with Gasteiger partial charge >= 0.3 is 0 Å². The monoisotopic (exact) mass is 446 g/mol. The Bertz CT molecular complexity index is 1050. The highest BCUT2D eigenvalue weighted by atomic mass is 32.2. The Labute approximate surface area is 183 Å². The van der Waals surface area contributed by atoms with E-state index in [1.165, 1.54) is 0 Å².